The Balaban J connectivity index is 1.76. The van der Waals surface area contributed by atoms with Crippen LogP contribution in [-0.4, -0.2) is 0 Å². The predicted octanol–water partition coefficient (Wildman–Crippen LogP) is 4.89. The molecule has 2 aliphatic carbocycles. The highest BCUT2D eigenvalue weighted by Gasteiger charge is 2.31. The van der Waals surface area contributed by atoms with Crippen molar-refractivity contribution in [2.24, 2.45) is 29.6 Å². The summed E-state index contributed by atoms with van der Waals surface area (Å²) in [7, 11) is 0. The van der Waals surface area contributed by atoms with Gasteiger partial charge in [-0.1, -0.05) is 46.5 Å². The lowest BCUT2D eigenvalue weighted by atomic mass is 9.67. The van der Waals surface area contributed by atoms with E-state index in [-0.39, 0.29) is 0 Å². The molecule has 0 aromatic carbocycles. The molecule has 4 atom stereocenters. The lowest BCUT2D eigenvalue weighted by Crippen LogP contribution is -2.28. The van der Waals surface area contributed by atoms with Crippen LogP contribution in [0.4, 0.5) is 0 Å². The first kappa shape index (κ1) is 11.5. The van der Waals surface area contributed by atoms with Gasteiger partial charge in [-0.25, -0.2) is 0 Å². The zero-order valence-corrected chi connectivity index (χ0v) is 10.8. The first-order valence-electron chi connectivity index (χ1n) is 7.18. The Morgan fingerprint density at radius 3 is 1.87 bits per heavy atom. The maximum Gasteiger partial charge on any atom is -0.0363 e. The Bertz CT molecular complexity index is 186. The summed E-state index contributed by atoms with van der Waals surface area (Å²) >= 11 is 0. The molecule has 0 aliphatic heterocycles. The van der Waals surface area contributed by atoms with E-state index in [0.29, 0.717) is 0 Å². The molecule has 0 amide bonds. The molecule has 0 aromatic heterocycles. The molecule has 15 heavy (non-hydrogen) atoms. The van der Waals surface area contributed by atoms with E-state index < -0.39 is 0 Å². The van der Waals surface area contributed by atoms with E-state index in [1.54, 1.807) is 0 Å². The third-order valence-corrected chi connectivity index (χ3v) is 5.45. The van der Waals surface area contributed by atoms with Crippen LogP contribution in [0.5, 0.6) is 0 Å². The van der Waals surface area contributed by atoms with Gasteiger partial charge in [0.1, 0.15) is 0 Å². The lowest BCUT2D eigenvalue weighted by molar-refractivity contribution is 0.121. The molecule has 0 aromatic rings. The van der Waals surface area contributed by atoms with Gasteiger partial charge >= 0.3 is 0 Å². The molecule has 0 nitrogen and oxygen atoms in total. The van der Waals surface area contributed by atoms with Gasteiger partial charge in [0.25, 0.3) is 0 Å². The smallest absolute Gasteiger partial charge is 0.0363 e. The van der Waals surface area contributed by atoms with Crippen LogP contribution in [0.25, 0.3) is 0 Å². The molecule has 2 aliphatic rings. The highest BCUT2D eigenvalue weighted by atomic mass is 14.4. The fraction of sp³-hybridized carbons (Fsp3) is 1.00. The van der Waals surface area contributed by atoms with E-state index in [4.69, 9.17) is 0 Å². The molecule has 0 N–H and O–H groups in total. The summed E-state index contributed by atoms with van der Waals surface area (Å²) in [6, 6.07) is 0. The van der Waals surface area contributed by atoms with E-state index in [1.165, 1.54) is 44.9 Å². The molecular formula is C15H28. The maximum atomic E-state index is 2.49. The largest absolute Gasteiger partial charge is 0.0622 e. The summed E-state index contributed by atoms with van der Waals surface area (Å²) in [4.78, 5) is 0. The molecule has 2 saturated carbocycles. The molecular weight excluding hydrogens is 180 g/mol. The second-order valence-corrected chi connectivity index (χ2v) is 6.44. The van der Waals surface area contributed by atoms with Crippen molar-refractivity contribution in [2.75, 3.05) is 0 Å². The third-order valence-electron chi connectivity index (χ3n) is 5.45. The standard InChI is InChI=1S/C15H28/c1-11-7-8-14(11)9-10-15-12(2)5-4-6-13(15)3/h11-15H,4-10H2,1-3H3. The van der Waals surface area contributed by atoms with E-state index >= 15 is 0 Å². The third kappa shape index (κ3) is 2.57. The van der Waals surface area contributed by atoms with Gasteiger partial charge in [-0.3, -0.25) is 0 Å². The van der Waals surface area contributed by atoms with E-state index in [1.807, 2.05) is 0 Å². The van der Waals surface area contributed by atoms with Crippen LogP contribution in [0.15, 0.2) is 0 Å². The highest BCUT2D eigenvalue weighted by Crippen LogP contribution is 2.42. The van der Waals surface area contributed by atoms with Crippen molar-refractivity contribution in [2.45, 2.75) is 65.7 Å². The second-order valence-electron chi connectivity index (χ2n) is 6.44. The molecule has 2 rings (SSSR count). The number of hydrogen-bond donors (Lipinski definition) is 0. The van der Waals surface area contributed by atoms with E-state index in [9.17, 15) is 0 Å². The predicted molar refractivity (Wildman–Crippen MR) is 66.8 cm³/mol. The molecule has 4 unspecified atom stereocenters. The second kappa shape index (κ2) is 4.89. The molecule has 0 heterocycles. The van der Waals surface area contributed by atoms with Crippen LogP contribution in [0, 0.1) is 29.6 Å². The van der Waals surface area contributed by atoms with Gasteiger partial charge in [-0.05, 0) is 48.9 Å². The SMILES string of the molecule is CC1CCC1CCC1C(C)CCCC1C. The molecule has 0 heteroatoms. The van der Waals surface area contributed by atoms with Crippen molar-refractivity contribution in [3.63, 3.8) is 0 Å². The summed E-state index contributed by atoms with van der Waals surface area (Å²) in [5, 5.41) is 0. The van der Waals surface area contributed by atoms with Gasteiger partial charge in [0.05, 0.1) is 0 Å². The topological polar surface area (TPSA) is 0 Å². The van der Waals surface area contributed by atoms with Gasteiger partial charge < -0.3 is 0 Å². The van der Waals surface area contributed by atoms with Crippen molar-refractivity contribution in [1.29, 1.82) is 0 Å². The van der Waals surface area contributed by atoms with Crippen molar-refractivity contribution >= 4 is 0 Å². The average Bonchev–Trinajstić information content (AvgIpc) is 2.20. The fourth-order valence-electron chi connectivity index (χ4n) is 3.89. The maximum absolute atomic E-state index is 2.49. The van der Waals surface area contributed by atoms with E-state index in [0.717, 1.165) is 29.6 Å². The van der Waals surface area contributed by atoms with Gasteiger partial charge in [0, 0.05) is 0 Å². The average molecular weight is 208 g/mol. The quantitative estimate of drug-likeness (QED) is 0.620. The summed E-state index contributed by atoms with van der Waals surface area (Å²) in [6.45, 7) is 7.43. The summed E-state index contributed by atoms with van der Waals surface area (Å²) in [5.41, 5.74) is 0. The zero-order valence-electron chi connectivity index (χ0n) is 10.8. The first-order valence-corrected chi connectivity index (χ1v) is 7.18. The van der Waals surface area contributed by atoms with Crippen LogP contribution in [0.3, 0.4) is 0 Å². The monoisotopic (exact) mass is 208 g/mol. The minimum Gasteiger partial charge on any atom is -0.0622 e. The van der Waals surface area contributed by atoms with Gasteiger partial charge in [0.15, 0.2) is 0 Å². The van der Waals surface area contributed by atoms with Crippen molar-refractivity contribution in [3.8, 4) is 0 Å². The lowest BCUT2D eigenvalue weighted by Gasteiger charge is -2.39. The number of rotatable bonds is 3. The van der Waals surface area contributed by atoms with Crippen LogP contribution in [0.2, 0.25) is 0 Å². The van der Waals surface area contributed by atoms with Crippen LogP contribution in [0.1, 0.15) is 65.7 Å². The normalized spacial score (nSPS) is 46.2. The Hall–Kier alpha value is 0. The van der Waals surface area contributed by atoms with Gasteiger partial charge in [-0.2, -0.15) is 0 Å². The molecule has 0 saturated heterocycles. The minimum atomic E-state index is 1.00. The van der Waals surface area contributed by atoms with Crippen molar-refractivity contribution in [3.05, 3.63) is 0 Å². The van der Waals surface area contributed by atoms with Gasteiger partial charge in [0.2, 0.25) is 0 Å². The molecule has 0 radical (unpaired) electrons. The van der Waals surface area contributed by atoms with Crippen molar-refractivity contribution in [1.82, 2.24) is 0 Å². The summed E-state index contributed by atoms with van der Waals surface area (Å²) in [5.74, 6) is 5.19. The number of hydrogen-bond acceptors (Lipinski definition) is 0. The van der Waals surface area contributed by atoms with Crippen LogP contribution < -0.4 is 0 Å². The van der Waals surface area contributed by atoms with Gasteiger partial charge in [-0.15, -0.1) is 0 Å². The van der Waals surface area contributed by atoms with Crippen LogP contribution in [-0.2, 0) is 0 Å². The Morgan fingerprint density at radius 1 is 0.733 bits per heavy atom. The molecule has 88 valence electrons. The highest BCUT2D eigenvalue weighted by molar-refractivity contribution is 4.82. The van der Waals surface area contributed by atoms with Crippen LogP contribution >= 0.6 is 0 Å². The Morgan fingerprint density at radius 2 is 1.40 bits per heavy atom. The molecule has 0 bridgehead atoms. The van der Waals surface area contributed by atoms with Crippen molar-refractivity contribution < 1.29 is 0 Å². The summed E-state index contributed by atoms with van der Waals surface area (Å²) < 4.78 is 0. The Labute approximate surface area is 95.8 Å². The molecule has 2 fully saturated rings. The first-order chi connectivity index (χ1) is 7.18. The summed E-state index contributed by atoms with van der Waals surface area (Å²) in [6.07, 6.45) is 10.6. The Kier molecular flexibility index (Phi) is 3.74. The fourth-order valence-corrected chi connectivity index (χ4v) is 3.89. The van der Waals surface area contributed by atoms with E-state index in [2.05, 4.69) is 20.8 Å². The zero-order chi connectivity index (χ0) is 10.8. The minimum absolute atomic E-state index is 1.00. The molecule has 0 spiro atoms.